The molecule has 1 heterocycles. The number of aromatic hydroxyl groups is 1. The van der Waals surface area contributed by atoms with E-state index in [2.05, 4.69) is 42.0 Å². The number of ether oxygens (including phenoxy) is 1. The molecule has 0 fully saturated rings. The molecule has 172 valence electrons. The fraction of sp³-hybridized carbons (Fsp3) is 0.115. The molecule has 0 bridgehead atoms. The number of aromatic nitrogens is 2. The molecule has 0 saturated heterocycles. The maximum Gasteiger partial charge on any atom is 0.295 e. The van der Waals surface area contributed by atoms with Crippen molar-refractivity contribution in [3.8, 4) is 34.0 Å². The molecular weight excluding hydrogens is 452 g/mol. The third-order valence-corrected chi connectivity index (χ3v) is 7.02. The largest absolute Gasteiger partial charge is 0.507 e. The van der Waals surface area contributed by atoms with Crippen molar-refractivity contribution in [1.82, 2.24) is 9.97 Å². The van der Waals surface area contributed by atoms with Gasteiger partial charge in [0.1, 0.15) is 27.7 Å². The number of hydrogen-bond acceptors (Lipinski definition) is 5. The molecule has 1 aromatic heterocycles. The van der Waals surface area contributed by atoms with Gasteiger partial charge in [-0.3, -0.25) is 4.55 Å². The van der Waals surface area contributed by atoms with Gasteiger partial charge in [0.15, 0.2) is 0 Å². The molecule has 0 unspecified atom stereocenters. The number of aryl methyl sites for hydroxylation is 2. The summed E-state index contributed by atoms with van der Waals surface area (Å²) in [4.78, 5) is 7.47. The molecule has 0 aliphatic carbocycles. The Kier molecular flexibility index (Phi) is 5.07. The van der Waals surface area contributed by atoms with Crippen molar-refractivity contribution in [3.63, 3.8) is 0 Å². The molecular formula is C26H22N2O5S. The minimum absolute atomic E-state index is 0.136. The van der Waals surface area contributed by atoms with Crippen LogP contribution in [0.5, 0.6) is 11.5 Å². The Morgan fingerprint density at radius 2 is 1.68 bits per heavy atom. The van der Waals surface area contributed by atoms with Crippen LogP contribution in [0, 0.1) is 13.8 Å². The minimum atomic E-state index is -4.53. The van der Waals surface area contributed by atoms with E-state index in [1.807, 2.05) is 18.2 Å². The van der Waals surface area contributed by atoms with Crippen LogP contribution in [0.4, 0.5) is 0 Å². The van der Waals surface area contributed by atoms with E-state index in [1.165, 1.54) is 35.4 Å². The standard InChI is InChI=1S/C26H22N2O5S/c1-14-7-8-16(11-15(14)2)17-9-10-18(22(12-17)33-3)26-27-20-13-23(34(30,31)32)19-5-4-6-21(29)24(19)25(20)28-26/h4-13,29H,1-3H3,(H,27,28)(H,30,31,32). The van der Waals surface area contributed by atoms with Gasteiger partial charge in [-0.25, -0.2) is 4.98 Å². The number of phenols is 1. The SMILES string of the molecule is COc1cc(-c2ccc(C)c(C)c2)ccc1-c1nc2c(cc(S(=O)(=O)O)c3cccc(O)c32)[nH]1. The molecule has 8 heteroatoms. The summed E-state index contributed by atoms with van der Waals surface area (Å²) in [5.74, 6) is 0.886. The van der Waals surface area contributed by atoms with E-state index in [0.29, 0.717) is 28.2 Å². The highest BCUT2D eigenvalue weighted by Crippen LogP contribution is 2.39. The lowest BCUT2D eigenvalue weighted by Crippen LogP contribution is -1.99. The smallest absolute Gasteiger partial charge is 0.295 e. The van der Waals surface area contributed by atoms with Crippen molar-refractivity contribution >= 4 is 31.9 Å². The van der Waals surface area contributed by atoms with Gasteiger partial charge < -0.3 is 14.8 Å². The number of imidazole rings is 1. The molecule has 5 rings (SSSR count). The summed E-state index contributed by atoms with van der Waals surface area (Å²) >= 11 is 0. The van der Waals surface area contributed by atoms with Gasteiger partial charge in [0.25, 0.3) is 10.1 Å². The van der Waals surface area contributed by atoms with Crippen molar-refractivity contribution < 1.29 is 22.8 Å². The second-order valence-corrected chi connectivity index (χ2v) is 9.64. The summed E-state index contributed by atoms with van der Waals surface area (Å²) in [6, 6.07) is 17.8. The molecule has 0 aliphatic heterocycles. The molecule has 5 aromatic rings. The normalized spacial score (nSPS) is 11.9. The molecule has 0 saturated carbocycles. The Labute approximate surface area is 196 Å². The Bertz CT molecular complexity index is 1700. The lowest BCUT2D eigenvalue weighted by molar-refractivity contribution is 0.416. The fourth-order valence-corrected chi connectivity index (χ4v) is 4.93. The predicted molar refractivity (Wildman–Crippen MR) is 132 cm³/mol. The second-order valence-electron chi connectivity index (χ2n) is 8.25. The van der Waals surface area contributed by atoms with Gasteiger partial charge in [0.05, 0.1) is 23.6 Å². The summed E-state index contributed by atoms with van der Waals surface area (Å²) < 4.78 is 39.4. The van der Waals surface area contributed by atoms with Crippen molar-refractivity contribution in [3.05, 3.63) is 71.8 Å². The third-order valence-electron chi connectivity index (χ3n) is 6.13. The van der Waals surface area contributed by atoms with Crippen LogP contribution in [0.15, 0.2) is 65.6 Å². The van der Waals surface area contributed by atoms with Crippen molar-refractivity contribution in [2.75, 3.05) is 7.11 Å². The Hall–Kier alpha value is -3.88. The Balaban J connectivity index is 1.72. The van der Waals surface area contributed by atoms with Crippen LogP contribution in [-0.2, 0) is 10.1 Å². The zero-order valence-electron chi connectivity index (χ0n) is 18.7. The number of aromatic amines is 1. The van der Waals surface area contributed by atoms with Crippen LogP contribution in [0.1, 0.15) is 11.1 Å². The average molecular weight is 475 g/mol. The number of methoxy groups -OCH3 is 1. The van der Waals surface area contributed by atoms with Crippen LogP contribution in [0.3, 0.4) is 0 Å². The van der Waals surface area contributed by atoms with Crippen LogP contribution in [-0.4, -0.2) is 35.2 Å². The number of benzene rings is 4. The molecule has 0 radical (unpaired) electrons. The van der Waals surface area contributed by atoms with E-state index in [9.17, 15) is 18.1 Å². The topological polar surface area (TPSA) is 113 Å². The van der Waals surface area contributed by atoms with Gasteiger partial charge in [-0.15, -0.1) is 0 Å². The first-order chi connectivity index (χ1) is 16.2. The van der Waals surface area contributed by atoms with E-state index in [0.717, 1.165) is 11.1 Å². The van der Waals surface area contributed by atoms with E-state index in [-0.39, 0.29) is 21.4 Å². The van der Waals surface area contributed by atoms with Gasteiger partial charge in [-0.2, -0.15) is 8.42 Å². The number of nitrogens with zero attached hydrogens (tertiary/aromatic N) is 1. The number of rotatable bonds is 4. The van der Waals surface area contributed by atoms with E-state index < -0.39 is 10.1 Å². The average Bonchev–Trinajstić information content (AvgIpc) is 3.23. The lowest BCUT2D eigenvalue weighted by Gasteiger charge is -2.10. The quantitative estimate of drug-likeness (QED) is 0.291. The molecule has 4 aromatic carbocycles. The van der Waals surface area contributed by atoms with Crippen LogP contribution in [0.25, 0.3) is 44.3 Å². The molecule has 0 spiro atoms. The van der Waals surface area contributed by atoms with Gasteiger partial charge in [0.2, 0.25) is 0 Å². The highest BCUT2D eigenvalue weighted by Gasteiger charge is 2.21. The number of nitrogens with one attached hydrogen (secondary N) is 1. The van der Waals surface area contributed by atoms with Gasteiger partial charge in [-0.05, 0) is 60.4 Å². The van der Waals surface area contributed by atoms with Crippen molar-refractivity contribution in [2.24, 2.45) is 0 Å². The van der Waals surface area contributed by atoms with Crippen LogP contribution >= 0.6 is 0 Å². The third kappa shape index (κ3) is 3.57. The summed E-state index contributed by atoms with van der Waals surface area (Å²) in [6.45, 7) is 4.14. The zero-order valence-corrected chi connectivity index (χ0v) is 19.6. The summed E-state index contributed by atoms with van der Waals surface area (Å²) in [5.41, 5.74) is 5.87. The minimum Gasteiger partial charge on any atom is -0.507 e. The van der Waals surface area contributed by atoms with E-state index >= 15 is 0 Å². The highest BCUT2D eigenvalue weighted by atomic mass is 32.2. The first-order valence-electron chi connectivity index (χ1n) is 10.6. The van der Waals surface area contributed by atoms with E-state index in [1.54, 1.807) is 7.11 Å². The molecule has 34 heavy (non-hydrogen) atoms. The molecule has 0 aliphatic rings. The zero-order chi connectivity index (χ0) is 24.2. The predicted octanol–water partition coefficient (Wildman–Crippen LogP) is 5.63. The first-order valence-corrected chi connectivity index (χ1v) is 12.0. The summed E-state index contributed by atoms with van der Waals surface area (Å²) in [7, 11) is -2.96. The highest BCUT2D eigenvalue weighted by molar-refractivity contribution is 7.86. The van der Waals surface area contributed by atoms with Gasteiger partial charge >= 0.3 is 0 Å². The van der Waals surface area contributed by atoms with Gasteiger partial charge in [-0.1, -0.05) is 36.4 Å². The second kappa shape index (κ2) is 7.86. The monoisotopic (exact) mass is 474 g/mol. The molecule has 0 atom stereocenters. The summed E-state index contributed by atoms with van der Waals surface area (Å²) in [5, 5.41) is 10.9. The van der Waals surface area contributed by atoms with Gasteiger partial charge in [0, 0.05) is 5.39 Å². The number of hydrogen-bond donors (Lipinski definition) is 3. The molecule has 7 nitrogen and oxygen atoms in total. The molecule has 3 N–H and O–H groups in total. The first kappa shape index (κ1) is 21.9. The maximum atomic E-state index is 12.0. The van der Waals surface area contributed by atoms with Crippen LogP contribution < -0.4 is 4.74 Å². The number of phenolic OH excluding ortho intramolecular Hbond substituents is 1. The summed E-state index contributed by atoms with van der Waals surface area (Å²) in [6.07, 6.45) is 0. The Morgan fingerprint density at radius 3 is 2.38 bits per heavy atom. The van der Waals surface area contributed by atoms with E-state index in [4.69, 9.17) is 4.74 Å². The number of fused-ring (bicyclic) bond motifs is 3. The number of H-pyrrole nitrogens is 1. The van der Waals surface area contributed by atoms with Crippen molar-refractivity contribution in [2.45, 2.75) is 18.7 Å². The fourth-order valence-electron chi connectivity index (χ4n) is 4.21. The van der Waals surface area contributed by atoms with Crippen molar-refractivity contribution in [1.29, 1.82) is 0 Å². The van der Waals surface area contributed by atoms with Crippen LogP contribution in [0.2, 0.25) is 0 Å². The Morgan fingerprint density at radius 1 is 0.941 bits per heavy atom. The lowest BCUT2D eigenvalue weighted by atomic mass is 9.99. The maximum absolute atomic E-state index is 12.0. The molecule has 0 amide bonds.